The number of nitrogens with zero attached hydrogens (tertiary/aromatic N) is 2. The van der Waals surface area contributed by atoms with Gasteiger partial charge in [0.2, 0.25) is 0 Å². The van der Waals surface area contributed by atoms with Gasteiger partial charge in [-0.05, 0) is 84.8 Å². The molecule has 0 heterocycles. The second-order valence-corrected chi connectivity index (χ2v) is 25.5. The predicted octanol–water partition coefficient (Wildman–Crippen LogP) is 28.8. The van der Waals surface area contributed by atoms with Gasteiger partial charge in [-0.25, -0.2) is 0 Å². The van der Waals surface area contributed by atoms with E-state index in [9.17, 15) is 5.53 Å². The van der Waals surface area contributed by atoms with Gasteiger partial charge in [0, 0.05) is 0 Å². The van der Waals surface area contributed by atoms with Gasteiger partial charge in [0.05, 0.1) is 6.08 Å². The molecule has 0 radical (unpaired) electrons. The number of aryl methyl sites for hydroxylation is 2. The van der Waals surface area contributed by atoms with Crippen molar-refractivity contribution >= 4 is 11.4 Å². The predicted molar refractivity (Wildman–Crippen MR) is 382 cm³/mol. The third-order valence-corrected chi connectivity index (χ3v) is 17.4. The first-order valence-corrected chi connectivity index (χ1v) is 37.6. The molecule has 0 fully saturated rings. The summed E-state index contributed by atoms with van der Waals surface area (Å²) in [5, 5.41) is 0. The summed E-state index contributed by atoms with van der Waals surface area (Å²) in [5.41, 5.74) is 17.0. The zero-order valence-corrected chi connectivity index (χ0v) is 59.3. The van der Waals surface area contributed by atoms with E-state index < -0.39 is 0 Å². The van der Waals surface area contributed by atoms with E-state index in [4.69, 9.17) is 0 Å². The Morgan fingerprint density at radius 1 is 0.376 bits per heavy atom. The molecule has 0 aliphatic rings. The maximum absolute atomic E-state index is 9.25. The fourth-order valence-corrected chi connectivity index (χ4v) is 11.8. The van der Waals surface area contributed by atoms with Crippen molar-refractivity contribution in [3.63, 3.8) is 0 Å². The Morgan fingerprint density at radius 2 is 0.706 bits per heavy atom. The minimum Gasteiger partial charge on any atom is -0.348 e. The van der Waals surface area contributed by atoms with Crippen molar-refractivity contribution in [3.05, 3.63) is 114 Å². The summed E-state index contributed by atoms with van der Waals surface area (Å²) >= 11 is 0. The topological polar surface area (TPSA) is 36.4 Å². The van der Waals surface area contributed by atoms with E-state index in [0.29, 0.717) is 0 Å². The van der Waals surface area contributed by atoms with E-state index in [1.54, 1.807) is 0 Å². The Labute approximate surface area is 547 Å². The van der Waals surface area contributed by atoms with Crippen LogP contribution in [0.2, 0.25) is 0 Å². The zero-order chi connectivity index (χ0) is 61.0. The third kappa shape index (κ3) is 57.9. The average molecular weight is 1260 g/mol. The SMILES string of the molecule is CCCCCCCCCCCCCCCCCCCCCCCCC=CCCc1ccccc1C(=C(C=C=[N+]=[N-])CCCC)c1ccc(CCCC)cc1.[CH2-]CCCCCCCCCCCCCC.[CH2-]CCCCCCCCCCCCCC.[Pd+2]. The monoisotopic (exact) mass is 1260 g/mol. The van der Waals surface area contributed by atoms with Crippen LogP contribution < -0.4 is 0 Å². The van der Waals surface area contributed by atoms with E-state index >= 15 is 0 Å². The molecule has 0 N–H and O–H groups in total. The van der Waals surface area contributed by atoms with E-state index in [1.807, 2.05) is 6.08 Å². The van der Waals surface area contributed by atoms with Gasteiger partial charge >= 0.3 is 20.4 Å². The van der Waals surface area contributed by atoms with Crippen LogP contribution in [0.4, 0.5) is 0 Å². The number of rotatable bonds is 59. The Bertz CT molecular complexity index is 1710. The third-order valence-electron chi connectivity index (χ3n) is 17.4. The van der Waals surface area contributed by atoms with Crippen molar-refractivity contribution in [1.29, 1.82) is 0 Å². The van der Waals surface area contributed by atoms with Crippen molar-refractivity contribution in [2.75, 3.05) is 0 Å². The maximum atomic E-state index is 9.25. The van der Waals surface area contributed by atoms with E-state index in [2.05, 4.69) is 120 Å². The van der Waals surface area contributed by atoms with Crippen LogP contribution in [0.25, 0.3) is 11.1 Å². The molecule has 0 amide bonds. The molecule has 0 aliphatic heterocycles. The Kier molecular flexibility index (Phi) is 72.3. The summed E-state index contributed by atoms with van der Waals surface area (Å²) in [4.78, 5) is 3.22. The maximum Gasteiger partial charge on any atom is 2.00 e. The fraction of sp³-hybridized carbons (Fsp3) is 0.756. The van der Waals surface area contributed by atoms with Crippen LogP contribution in [-0.2, 0) is 33.3 Å². The molecular formula is C82H144N2Pd. The molecule has 2 aromatic rings. The van der Waals surface area contributed by atoms with Crippen LogP contribution in [0.15, 0.2) is 72.3 Å². The van der Waals surface area contributed by atoms with Gasteiger partial charge in [0.25, 0.3) is 5.87 Å². The van der Waals surface area contributed by atoms with Gasteiger partial charge in [0.1, 0.15) is 0 Å². The van der Waals surface area contributed by atoms with Crippen molar-refractivity contribution in [3.8, 4) is 0 Å². The van der Waals surface area contributed by atoms with Crippen LogP contribution in [0.1, 0.15) is 410 Å². The smallest absolute Gasteiger partial charge is 0.348 e. The van der Waals surface area contributed by atoms with Gasteiger partial charge in [-0.3, -0.25) is 0 Å². The van der Waals surface area contributed by atoms with Crippen LogP contribution in [0.3, 0.4) is 0 Å². The summed E-state index contributed by atoms with van der Waals surface area (Å²) in [6, 6.07) is 18.1. The number of allylic oxidation sites excluding steroid dienone is 4. The molecule has 0 spiro atoms. The van der Waals surface area contributed by atoms with Gasteiger partial charge in [-0.1, -0.05) is 397 Å². The van der Waals surface area contributed by atoms with E-state index in [-0.39, 0.29) is 20.4 Å². The second-order valence-electron chi connectivity index (χ2n) is 25.5. The van der Waals surface area contributed by atoms with Crippen molar-refractivity contribution in [2.24, 2.45) is 0 Å². The molecule has 2 rings (SSSR count). The molecule has 85 heavy (non-hydrogen) atoms. The number of hydrogen-bond acceptors (Lipinski definition) is 0. The molecule has 0 bridgehead atoms. The second kappa shape index (κ2) is 72.5. The molecular weight excluding hydrogens is 1120 g/mol. The normalized spacial score (nSPS) is 11.3. The quantitative estimate of drug-likeness (QED) is 0.00925. The summed E-state index contributed by atoms with van der Waals surface area (Å²) in [6.45, 7) is 19.1. The average Bonchev–Trinajstić information content (AvgIpc) is 2.97. The van der Waals surface area contributed by atoms with Crippen LogP contribution in [-0.4, -0.2) is 10.7 Å². The Balaban J connectivity index is 0. The molecule has 0 saturated carbocycles. The number of unbranched alkanes of at least 4 members (excludes halogenated alkanes) is 48. The van der Waals surface area contributed by atoms with E-state index in [1.165, 1.54) is 348 Å². The minimum atomic E-state index is 0. The van der Waals surface area contributed by atoms with Crippen LogP contribution in [0, 0.1) is 13.8 Å². The molecule has 0 atom stereocenters. The molecule has 492 valence electrons. The molecule has 2 nitrogen and oxygen atoms in total. The summed E-state index contributed by atoms with van der Waals surface area (Å²) in [7, 11) is 0. The number of benzene rings is 2. The molecule has 0 aliphatic carbocycles. The van der Waals surface area contributed by atoms with Gasteiger partial charge in [-0.15, -0.1) is 4.79 Å². The standard InChI is InChI=1S/C52H82N2.2C15H31.Pd/c1-4-7-10-11-12-13-14-15-16-17-18-19-20-21-22-23-24-25-26-27-28-29-30-31-32-33-38-48-39-34-35-40-51(48)52(49(37-9-6-3)45-46-54-53)50-43-41-47(42-44-50)36-8-5-2;2*1-3-5-7-9-11-13-15-14-12-10-8-6-4-2;/h31-32,34-35,39-45H,4-30,33,36-38H2,1-3H3;2*1,3-15H2,2H3;/q;2*-1;+2. The van der Waals surface area contributed by atoms with Crippen molar-refractivity contribution < 1.29 is 25.2 Å². The van der Waals surface area contributed by atoms with Crippen molar-refractivity contribution in [1.82, 2.24) is 0 Å². The molecule has 0 unspecified atom stereocenters. The summed E-state index contributed by atoms with van der Waals surface area (Å²) in [6.07, 6.45) is 85.0. The molecule has 0 aromatic heterocycles. The molecule has 0 saturated heterocycles. The minimum absolute atomic E-state index is 0. The zero-order valence-electron chi connectivity index (χ0n) is 57.8. The summed E-state index contributed by atoms with van der Waals surface area (Å²) < 4.78 is 0. The van der Waals surface area contributed by atoms with Gasteiger partial charge in [-0.2, -0.15) is 12.8 Å². The first kappa shape index (κ1) is 84.8. The fourth-order valence-electron chi connectivity index (χ4n) is 11.8. The molecule has 2 aromatic carbocycles. The van der Waals surface area contributed by atoms with E-state index in [0.717, 1.165) is 51.4 Å². The Hall–Kier alpha value is -2.26. The van der Waals surface area contributed by atoms with Gasteiger partial charge in [0.15, 0.2) is 0 Å². The van der Waals surface area contributed by atoms with Crippen LogP contribution >= 0.6 is 0 Å². The number of hydrogen-bond donors (Lipinski definition) is 0. The van der Waals surface area contributed by atoms with Crippen LogP contribution in [0.5, 0.6) is 0 Å². The first-order valence-electron chi connectivity index (χ1n) is 37.6. The first-order chi connectivity index (χ1) is 41.6. The van der Waals surface area contributed by atoms with Gasteiger partial charge < -0.3 is 19.4 Å². The largest absolute Gasteiger partial charge is 2.00 e. The molecule has 3 heteroatoms. The Morgan fingerprint density at radius 3 is 1.06 bits per heavy atom. The van der Waals surface area contributed by atoms with Crippen molar-refractivity contribution in [2.45, 2.75) is 401 Å². The summed E-state index contributed by atoms with van der Waals surface area (Å²) in [5.74, 6) is 2.74.